The Balaban J connectivity index is 2.14. The van der Waals surface area contributed by atoms with Gasteiger partial charge in [0.05, 0.1) is 4.92 Å². The number of rotatable bonds is 4. The summed E-state index contributed by atoms with van der Waals surface area (Å²) in [6.07, 6.45) is 2.41. The Morgan fingerprint density at radius 1 is 1.59 bits per heavy atom. The standard InChI is InChI=1S/C12H13N3O2/c1-12(4-5-12)8-14-10-2-3-11(15(16)17)9(6-10)7-13/h2-3,6,14H,4-5,8H2,1H3. The summed E-state index contributed by atoms with van der Waals surface area (Å²) in [5.74, 6) is 0. The van der Waals surface area contributed by atoms with E-state index in [2.05, 4.69) is 12.2 Å². The quantitative estimate of drug-likeness (QED) is 0.638. The maximum atomic E-state index is 10.7. The lowest BCUT2D eigenvalue weighted by Crippen LogP contribution is -2.11. The Morgan fingerprint density at radius 3 is 2.82 bits per heavy atom. The van der Waals surface area contributed by atoms with Gasteiger partial charge in [0.2, 0.25) is 0 Å². The molecule has 0 unspecified atom stereocenters. The SMILES string of the molecule is CC1(CNc2ccc([N+](=O)[O-])c(C#N)c2)CC1. The maximum Gasteiger partial charge on any atom is 0.287 e. The molecule has 0 radical (unpaired) electrons. The molecule has 0 heterocycles. The summed E-state index contributed by atoms with van der Waals surface area (Å²) in [6.45, 7) is 3.03. The number of hydrogen-bond donors (Lipinski definition) is 1. The van der Waals surface area contributed by atoms with Gasteiger partial charge in [-0.15, -0.1) is 0 Å². The molecule has 1 N–H and O–H groups in total. The first kappa shape index (κ1) is 11.4. The predicted octanol–water partition coefficient (Wildman–Crippen LogP) is 2.68. The summed E-state index contributed by atoms with van der Waals surface area (Å²) in [4.78, 5) is 10.1. The summed E-state index contributed by atoms with van der Waals surface area (Å²) >= 11 is 0. The van der Waals surface area contributed by atoms with Crippen molar-refractivity contribution in [3.63, 3.8) is 0 Å². The number of hydrogen-bond acceptors (Lipinski definition) is 4. The average molecular weight is 231 g/mol. The molecule has 17 heavy (non-hydrogen) atoms. The lowest BCUT2D eigenvalue weighted by Gasteiger charge is -2.11. The number of nitro groups is 1. The minimum absolute atomic E-state index is 0.0981. The van der Waals surface area contributed by atoms with E-state index in [1.54, 1.807) is 6.07 Å². The molecular formula is C12H13N3O2. The van der Waals surface area contributed by atoms with Gasteiger partial charge in [-0.2, -0.15) is 5.26 Å². The zero-order valence-corrected chi connectivity index (χ0v) is 9.56. The van der Waals surface area contributed by atoms with E-state index in [9.17, 15) is 10.1 Å². The van der Waals surface area contributed by atoms with Crippen LogP contribution in [0.5, 0.6) is 0 Å². The van der Waals surface area contributed by atoms with Gasteiger partial charge in [-0.1, -0.05) is 6.92 Å². The molecular weight excluding hydrogens is 218 g/mol. The third-order valence-corrected chi connectivity index (χ3v) is 3.14. The smallest absolute Gasteiger partial charge is 0.287 e. The number of benzene rings is 1. The van der Waals surface area contributed by atoms with Gasteiger partial charge < -0.3 is 5.32 Å². The van der Waals surface area contributed by atoms with Crippen molar-refractivity contribution >= 4 is 11.4 Å². The minimum atomic E-state index is -0.537. The van der Waals surface area contributed by atoms with E-state index >= 15 is 0 Å². The van der Waals surface area contributed by atoms with Crippen molar-refractivity contribution in [2.24, 2.45) is 5.41 Å². The molecule has 0 atom stereocenters. The molecule has 5 nitrogen and oxygen atoms in total. The zero-order chi connectivity index (χ0) is 12.5. The topological polar surface area (TPSA) is 79.0 Å². The fraction of sp³-hybridized carbons (Fsp3) is 0.417. The highest BCUT2D eigenvalue weighted by Gasteiger charge is 2.36. The molecule has 0 aliphatic heterocycles. The minimum Gasteiger partial charge on any atom is -0.384 e. The Kier molecular flexibility index (Phi) is 2.72. The van der Waals surface area contributed by atoms with Crippen LogP contribution in [0.3, 0.4) is 0 Å². The summed E-state index contributed by atoms with van der Waals surface area (Å²) < 4.78 is 0. The number of anilines is 1. The van der Waals surface area contributed by atoms with Crippen LogP contribution in [0.4, 0.5) is 11.4 Å². The molecule has 5 heteroatoms. The fourth-order valence-corrected chi connectivity index (χ4v) is 1.60. The van der Waals surface area contributed by atoms with Crippen LogP contribution in [0.25, 0.3) is 0 Å². The first-order valence-electron chi connectivity index (χ1n) is 5.46. The van der Waals surface area contributed by atoms with Crippen LogP contribution < -0.4 is 5.32 Å². The van der Waals surface area contributed by atoms with Crippen molar-refractivity contribution in [3.05, 3.63) is 33.9 Å². The lowest BCUT2D eigenvalue weighted by atomic mass is 10.1. The van der Waals surface area contributed by atoms with Gasteiger partial charge in [-0.05, 0) is 30.4 Å². The molecule has 2 rings (SSSR count). The maximum absolute atomic E-state index is 10.7. The van der Waals surface area contributed by atoms with Crippen LogP contribution >= 0.6 is 0 Å². The van der Waals surface area contributed by atoms with Crippen LogP contribution in [0, 0.1) is 26.9 Å². The predicted molar refractivity (Wildman–Crippen MR) is 63.6 cm³/mol. The van der Waals surface area contributed by atoms with Crippen LogP contribution in [-0.4, -0.2) is 11.5 Å². The Bertz CT molecular complexity index is 501. The van der Waals surface area contributed by atoms with Gasteiger partial charge >= 0.3 is 0 Å². The van der Waals surface area contributed by atoms with Crippen LogP contribution in [0.15, 0.2) is 18.2 Å². The molecule has 0 amide bonds. The largest absolute Gasteiger partial charge is 0.384 e. The molecule has 1 aromatic rings. The second-order valence-electron chi connectivity index (χ2n) is 4.77. The lowest BCUT2D eigenvalue weighted by molar-refractivity contribution is -0.385. The van der Waals surface area contributed by atoms with Crippen LogP contribution in [-0.2, 0) is 0 Å². The van der Waals surface area contributed by atoms with Gasteiger partial charge in [0, 0.05) is 18.3 Å². The van der Waals surface area contributed by atoms with E-state index < -0.39 is 4.92 Å². The molecule has 0 bridgehead atoms. The van der Waals surface area contributed by atoms with E-state index in [0.717, 1.165) is 12.2 Å². The second-order valence-corrected chi connectivity index (χ2v) is 4.77. The van der Waals surface area contributed by atoms with Gasteiger partial charge in [0.15, 0.2) is 0 Å². The molecule has 0 spiro atoms. The first-order chi connectivity index (χ1) is 8.04. The van der Waals surface area contributed by atoms with Gasteiger partial charge in [-0.3, -0.25) is 10.1 Å². The van der Waals surface area contributed by atoms with Crippen LogP contribution in [0.1, 0.15) is 25.3 Å². The summed E-state index contributed by atoms with van der Waals surface area (Å²) in [6, 6.07) is 6.39. The Morgan fingerprint density at radius 2 is 2.29 bits per heavy atom. The van der Waals surface area contributed by atoms with Crippen molar-refractivity contribution in [1.29, 1.82) is 5.26 Å². The van der Waals surface area contributed by atoms with E-state index in [1.165, 1.54) is 25.0 Å². The second kappa shape index (κ2) is 4.06. The van der Waals surface area contributed by atoms with Gasteiger partial charge in [0.1, 0.15) is 11.6 Å². The third-order valence-electron chi connectivity index (χ3n) is 3.14. The highest BCUT2D eigenvalue weighted by Crippen LogP contribution is 2.44. The summed E-state index contributed by atoms with van der Waals surface area (Å²) in [7, 11) is 0. The van der Waals surface area contributed by atoms with E-state index in [0.29, 0.717) is 5.41 Å². The number of nitrogens with one attached hydrogen (secondary N) is 1. The molecule has 88 valence electrons. The number of nitro benzene ring substituents is 1. The van der Waals surface area contributed by atoms with Gasteiger partial charge in [-0.25, -0.2) is 0 Å². The molecule has 1 saturated carbocycles. The monoisotopic (exact) mass is 231 g/mol. The van der Waals surface area contributed by atoms with Crippen molar-refractivity contribution in [2.75, 3.05) is 11.9 Å². The Labute approximate surface area is 99.2 Å². The van der Waals surface area contributed by atoms with E-state index in [1.807, 2.05) is 6.07 Å². The Hall–Kier alpha value is -2.09. The average Bonchev–Trinajstić information content (AvgIpc) is 3.04. The molecule has 1 aliphatic rings. The molecule has 1 fully saturated rings. The van der Waals surface area contributed by atoms with Crippen molar-refractivity contribution in [3.8, 4) is 6.07 Å². The van der Waals surface area contributed by atoms with Crippen molar-refractivity contribution < 1.29 is 4.92 Å². The highest BCUT2D eigenvalue weighted by molar-refractivity contribution is 5.58. The summed E-state index contributed by atoms with van der Waals surface area (Å²) in [5.41, 5.74) is 1.08. The van der Waals surface area contributed by atoms with Crippen molar-refractivity contribution in [1.82, 2.24) is 0 Å². The van der Waals surface area contributed by atoms with E-state index in [-0.39, 0.29) is 11.3 Å². The first-order valence-corrected chi connectivity index (χ1v) is 5.46. The summed E-state index contributed by atoms with van der Waals surface area (Å²) in [5, 5.41) is 22.7. The van der Waals surface area contributed by atoms with Crippen molar-refractivity contribution in [2.45, 2.75) is 19.8 Å². The third kappa shape index (κ3) is 2.53. The normalized spacial score (nSPS) is 16.0. The van der Waals surface area contributed by atoms with Crippen LogP contribution in [0.2, 0.25) is 0 Å². The number of nitriles is 1. The molecule has 1 aromatic carbocycles. The fourth-order valence-electron chi connectivity index (χ4n) is 1.60. The highest BCUT2D eigenvalue weighted by atomic mass is 16.6. The van der Waals surface area contributed by atoms with E-state index in [4.69, 9.17) is 5.26 Å². The molecule has 0 aromatic heterocycles. The zero-order valence-electron chi connectivity index (χ0n) is 9.56. The number of nitrogens with zero attached hydrogens (tertiary/aromatic N) is 2. The van der Waals surface area contributed by atoms with Gasteiger partial charge in [0.25, 0.3) is 5.69 Å². The molecule has 0 saturated heterocycles. The molecule has 1 aliphatic carbocycles.